The number of rotatable bonds is 8. The smallest absolute Gasteiger partial charge is 0.206 e. The van der Waals surface area contributed by atoms with E-state index in [4.69, 9.17) is 14.2 Å². The quantitative estimate of drug-likeness (QED) is 0.397. The predicted octanol–water partition coefficient (Wildman–Crippen LogP) is 4.35. The molecule has 0 fully saturated rings. The molecule has 0 aliphatic rings. The van der Waals surface area contributed by atoms with Crippen molar-refractivity contribution < 1.29 is 18.6 Å². The summed E-state index contributed by atoms with van der Waals surface area (Å²) in [6.45, 7) is 4.12. The summed E-state index contributed by atoms with van der Waals surface area (Å²) in [5.41, 5.74) is 1.70. The maximum Gasteiger partial charge on any atom is 0.206 e. The van der Waals surface area contributed by atoms with E-state index in [1.54, 1.807) is 68.6 Å². The second-order valence-corrected chi connectivity index (χ2v) is 6.85. The first-order valence-electron chi connectivity index (χ1n) is 9.04. The second-order valence-electron chi connectivity index (χ2n) is 6.02. The molecule has 0 unspecified atom stereocenters. The molecule has 0 N–H and O–H groups in total. The van der Waals surface area contributed by atoms with Crippen LogP contribution in [-0.2, 0) is 0 Å². The average Bonchev–Trinajstić information content (AvgIpc) is 3.18. The highest BCUT2D eigenvalue weighted by atomic mass is 32.1. The van der Waals surface area contributed by atoms with Crippen molar-refractivity contribution in [3.8, 4) is 28.5 Å². The minimum absolute atomic E-state index is 0.335. The SMILES string of the molecule is C=CCN=c1scc(-c2ccccc2F)n1N=Cc1cc(OC)c(OC)cc1OC. The molecule has 156 valence electrons. The number of halogens is 1. The third kappa shape index (κ3) is 4.44. The van der Waals surface area contributed by atoms with Gasteiger partial charge in [0.1, 0.15) is 11.6 Å². The minimum Gasteiger partial charge on any atom is -0.496 e. The standard InChI is InChI=1S/C22H22FN3O3S/c1-5-10-24-22-26(18(14-30-22)16-8-6-7-9-17(16)23)25-13-15-11-20(28-3)21(29-4)12-19(15)27-2/h5-9,11-14H,1,10H2,2-4H3. The van der Waals surface area contributed by atoms with Gasteiger partial charge in [-0.3, -0.25) is 4.99 Å². The van der Waals surface area contributed by atoms with Crippen LogP contribution in [-0.4, -0.2) is 38.8 Å². The van der Waals surface area contributed by atoms with E-state index < -0.39 is 0 Å². The molecule has 0 aliphatic carbocycles. The third-order valence-electron chi connectivity index (χ3n) is 4.24. The van der Waals surface area contributed by atoms with Gasteiger partial charge < -0.3 is 14.2 Å². The van der Waals surface area contributed by atoms with Crippen molar-refractivity contribution in [2.75, 3.05) is 27.9 Å². The van der Waals surface area contributed by atoms with Gasteiger partial charge in [-0.2, -0.15) is 5.10 Å². The van der Waals surface area contributed by atoms with Gasteiger partial charge in [0, 0.05) is 22.6 Å². The van der Waals surface area contributed by atoms with E-state index >= 15 is 0 Å². The molecule has 0 aliphatic heterocycles. The molecule has 3 rings (SSSR count). The highest BCUT2D eigenvalue weighted by Crippen LogP contribution is 2.34. The van der Waals surface area contributed by atoms with Crippen molar-refractivity contribution in [3.05, 3.63) is 70.6 Å². The lowest BCUT2D eigenvalue weighted by atomic mass is 10.1. The molecule has 3 aromatic rings. The van der Waals surface area contributed by atoms with Crippen LogP contribution >= 0.6 is 11.3 Å². The summed E-state index contributed by atoms with van der Waals surface area (Å²) in [5, 5.41) is 6.40. The third-order valence-corrected chi connectivity index (χ3v) is 5.09. The first-order chi connectivity index (χ1) is 14.6. The van der Waals surface area contributed by atoms with Crippen LogP contribution in [0.1, 0.15) is 5.56 Å². The van der Waals surface area contributed by atoms with Crippen molar-refractivity contribution in [3.63, 3.8) is 0 Å². The van der Waals surface area contributed by atoms with Gasteiger partial charge in [-0.25, -0.2) is 9.07 Å². The fraction of sp³-hybridized carbons (Fsp3) is 0.182. The molecule has 30 heavy (non-hydrogen) atoms. The maximum absolute atomic E-state index is 14.4. The lowest BCUT2D eigenvalue weighted by molar-refractivity contribution is 0.349. The van der Waals surface area contributed by atoms with Crippen LogP contribution in [0.3, 0.4) is 0 Å². The number of methoxy groups -OCH3 is 3. The van der Waals surface area contributed by atoms with Gasteiger partial charge in [-0.05, 0) is 18.2 Å². The summed E-state index contributed by atoms with van der Waals surface area (Å²) < 4.78 is 32.2. The van der Waals surface area contributed by atoms with Crippen LogP contribution in [0.15, 0.2) is 64.5 Å². The van der Waals surface area contributed by atoms with Crippen molar-refractivity contribution in [1.29, 1.82) is 0 Å². The summed E-state index contributed by atoms with van der Waals surface area (Å²) in [5.74, 6) is 1.31. The molecule has 0 spiro atoms. The molecule has 6 nitrogen and oxygen atoms in total. The maximum atomic E-state index is 14.4. The van der Waals surface area contributed by atoms with Gasteiger partial charge in [0.05, 0.1) is 39.8 Å². The second kappa shape index (κ2) is 9.89. The van der Waals surface area contributed by atoms with Gasteiger partial charge >= 0.3 is 0 Å². The lowest BCUT2D eigenvalue weighted by Gasteiger charge is -2.12. The molecule has 2 aromatic carbocycles. The number of hydrogen-bond donors (Lipinski definition) is 0. The normalized spacial score (nSPS) is 11.7. The zero-order chi connectivity index (χ0) is 21.5. The van der Waals surface area contributed by atoms with Crippen LogP contribution in [0.5, 0.6) is 17.2 Å². The number of benzene rings is 2. The minimum atomic E-state index is -0.335. The van der Waals surface area contributed by atoms with Crippen molar-refractivity contribution >= 4 is 17.6 Å². The molecule has 0 saturated carbocycles. The Morgan fingerprint density at radius 2 is 1.77 bits per heavy atom. The summed E-state index contributed by atoms with van der Waals surface area (Å²) in [6, 6.07) is 10.0. The highest BCUT2D eigenvalue weighted by molar-refractivity contribution is 7.07. The monoisotopic (exact) mass is 427 g/mol. The van der Waals surface area contributed by atoms with Crippen LogP contribution in [0.25, 0.3) is 11.3 Å². The largest absolute Gasteiger partial charge is 0.496 e. The number of thiazole rings is 1. The Morgan fingerprint density at radius 1 is 1.07 bits per heavy atom. The predicted molar refractivity (Wildman–Crippen MR) is 117 cm³/mol. The Balaban J connectivity index is 2.14. The van der Waals surface area contributed by atoms with E-state index in [1.165, 1.54) is 17.4 Å². The van der Waals surface area contributed by atoms with Gasteiger partial charge in [0.2, 0.25) is 4.80 Å². The molecular formula is C22H22FN3O3S. The van der Waals surface area contributed by atoms with E-state index in [9.17, 15) is 4.39 Å². The van der Waals surface area contributed by atoms with Crippen LogP contribution in [0, 0.1) is 5.82 Å². The molecule has 8 heteroatoms. The Labute approximate surface area is 178 Å². The van der Waals surface area contributed by atoms with Crippen LogP contribution in [0.2, 0.25) is 0 Å². The molecule has 1 heterocycles. The number of ether oxygens (including phenoxy) is 3. The van der Waals surface area contributed by atoms with Gasteiger partial charge in [-0.1, -0.05) is 18.2 Å². The van der Waals surface area contributed by atoms with Crippen molar-refractivity contribution in [2.24, 2.45) is 10.1 Å². The number of aromatic nitrogens is 1. The van der Waals surface area contributed by atoms with E-state index in [-0.39, 0.29) is 5.82 Å². The topological polar surface area (TPSA) is 57.3 Å². The average molecular weight is 428 g/mol. The first-order valence-corrected chi connectivity index (χ1v) is 9.92. The Kier molecular flexibility index (Phi) is 7.03. The number of hydrogen-bond acceptors (Lipinski definition) is 6. The molecule has 0 saturated heterocycles. The lowest BCUT2D eigenvalue weighted by Crippen LogP contribution is -2.13. The van der Waals surface area contributed by atoms with Crippen LogP contribution in [0.4, 0.5) is 4.39 Å². The Bertz CT molecular complexity index is 1130. The summed E-state index contributed by atoms with van der Waals surface area (Å²) in [7, 11) is 4.67. The molecule has 0 atom stereocenters. The van der Waals surface area contributed by atoms with Crippen LogP contribution < -0.4 is 19.0 Å². The zero-order valence-corrected chi connectivity index (χ0v) is 17.8. The van der Waals surface area contributed by atoms with E-state index in [1.807, 2.05) is 5.38 Å². The van der Waals surface area contributed by atoms with Gasteiger partial charge in [0.15, 0.2) is 11.5 Å². The van der Waals surface area contributed by atoms with E-state index in [0.29, 0.717) is 45.4 Å². The highest BCUT2D eigenvalue weighted by Gasteiger charge is 2.13. The Morgan fingerprint density at radius 3 is 2.43 bits per heavy atom. The Hall–Kier alpha value is -3.39. The fourth-order valence-corrected chi connectivity index (χ4v) is 3.63. The molecular weight excluding hydrogens is 405 g/mol. The summed E-state index contributed by atoms with van der Waals surface area (Å²) in [6.07, 6.45) is 3.30. The van der Waals surface area contributed by atoms with E-state index in [0.717, 1.165) is 0 Å². The van der Waals surface area contributed by atoms with E-state index in [2.05, 4.69) is 16.7 Å². The van der Waals surface area contributed by atoms with Crippen molar-refractivity contribution in [1.82, 2.24) is 4.68 Å². The number of nitrogens with zero attached hydrogens (tertiary/aromatic N) is 3. The molecule has 0 radical (unpaired) electrons. The first kappa shape index (κ1) is 21.3. The van der Waals surface area contributed by atoms with Crippen molar-refractivity contribution in [2.45, 2.75) is 0 Å². The zero-order valence-electron chi connectivity index (χ0n) is 17.0. The fourth-order valence-electron chi connectivity index (χ4n) is 2.79. The summed E-state index contributed by atoms with van der Waals surface area (Å²) >= 11 is 1.37. The van der Waals surface area contributed by atoms with Gasteiger partial charge in [-0.15, -0.1) is 17.9 Å². The molecule has 0 bridgehead atoms. The van der Waals surface area contributed by atoms with Gasteiger partial charge in [0.25, 0.3) is 0 Å². The molecule has 1 aromatic heterocycles. The molecule has 0 amide bonds. The summed E-state index contributed by atoms with van der Waals surface area (Å²) in [4.78, 5) is 5.08.